The number of aryl methyl sites for hydroxylation is 2. The third kappa shape index (κ3) is 4.32. The maximum Gasteiger partial charge on any atom is 0.00957 e. The van der Waals surface area contributed by atoms with Gasteiger partial charge in [0.15, 0.2) is 0 Å². The van der Waals surface area contributed by atoms with Gasteiger partial charge < -0.3 is 5.32 Å². The Bertz CT molecular complexity index is 449. The van der Waals surface area contributed by atoms with Gasteiger partial charge in [0, 0.05) is 6.04 Å². The van der Waals surface area contributed by atoms with E-state index in [0.29, 0.717) is 11.5 Å². The molecule has 1 aromatic carbocycles. The summed E-state index contributed by atoms with van der Waals surface area (Å²) in [5, 5.41) is 3.58. The van der Waals surface area contributed by atoms with Gasteiger partial charge >= 0.3 is 0 Å². The molecule has 0 amide bonds. The molecule has 0 radical (unpaired) electrons. The zero-order valence-corrected chi connectivity index (χ0v) is 14.8. The van der Waals surface area contributed by atoms with Gasteiger partial charge in [0.2, 0.25) is 0 Å². The SMILES string of the molecule is CNC1CCC(C(C)(C)C)CC1Cc1cc(C)cc(C)c1. The molecule has 118 valence electrons. The molecule has 0 spiro atoms. The van der Waals surface area contributed by atoms with Crippen molar-refractivity contribution in [2.45, 2.75) is 66.3 Å². The van der Waals surface area contributed by atoms with Crippen LogP contribution in [0, 0.1) is 31.1 Å². The van der Waals surface area contributed by atoms with Crippen molar-refractivity contribution < 1.29 is 0 Å². The van der Waals surface area contributed by atoms with Gasteiger partial charge in [-0.3, -0.25) is 0 Å². The summed E-state index contributed by atoms with van der Waals surface area (Å²) < 4.78 is 0. The lowest BCUT2D eigenvalue weighted by Gasteiger charge is -2.42. The summed E-state index contributed by atoms with van der Waals surface area (Å²) in [6, 6.07) is 7.71. The van der Waals surface area contributed by atoms with Crippen molar-refractivity contribution in [2.75, 3.05) is 7.05 Å². The Morgan fingerprint density at radius 3 is 2.19 bits per heavy atom. The highest BCUT2D eigenvalue weighted by molar-refractivity contribution is 5.29. The minimum atomic E-state index is 0.444. The van der Waals surface area contributed by atoms with Gasteiger partial charge in [-0.05, 0) is 69.4 Å². The average molecular weight is 287 g/mol. The second-order valence-electron chi connectivity index (χ2n) is 8.23. The highest BCUT2D eigenvalue weighted by Crippen LogP contribution is 2.41. The van der Waals surface area contributed by atoms with Gasteiger partial charge in [0.1, 0.15) is 0 Å². The molecular weight excluding hydrogens is 254 g/mol. The average Bonchev–Trinajstić information content (AvgIpc) is 2.36. The van der Waals surface area contributed by atoms with E-state index in [2.05, 4.69) is 65.2 Å². The van der Waals surface area contributed by atoms with E-state index in [1.807, 2.05) is 0 Å². The predicted octanol–water partition coefficient (Wildman–Crippen LogP) is 4.90. The van der Waals surface area contributed by atoms with Crippen molar-refractivity contribution >= 4 is 0 Å². The quantitative estimate of drug-likeness (QED) is 0.834. The van der Waals surface area contributed by atoms with Gasteiger partial charge in [-0.2, -0.15) is 0 Å². The number of hydrogen-bond donors (Lipinski definition) is 1. The van der Waals surface area contributed by atoms with E-state index in [-0.39, 0.29) is 0 Å². The Kier molecular flexibility index (Phi) is 5.14. The third-order valence-electron chi connectivity index (χ3n) is 5.36. The van der Waals surface area contributed by atoms with Crippen LogP contribution >= 0.6 is 0 Å². The zero-order chi connectivity index (χ0) is 15.6. The van der Waals surface area contributed by atoms with E-state index in [4.69, 9.17) is 0 Å². The van der Waals surface area contributed by atoms with Crippen LogP contribution in [0.3, 0.4) is 0 Å². The van der Waals surface area contributed by atoms with E-state index in [1.54, 1.807) is 0 Å². The normalized spacial score (nSPS) is 26.9. The molecule has 21 heavy (non-hydrogen) atoms. The van der Waals surface area contributed by atoms with E-state index in [1.165, 1.54) is 42.4 Å². The van der Waals surface area contributed by atoms with Crippen LogP contribution in [0.5, 0.6) is 0 Å². The number of rotatable bonds is 3. The molecule has 1 nitrogen and oxygen atoms in total. The molecule has 0 aromatic heterocycles. The molecule has 2 rings (SSSR count). The van der Waals surface area contributed by atoms with Crippen molar-refractivity contribution in [1.29, 1.82) is 0 Å². The van der Waals surface area contributed by atoms with Crippen LogP contribution in [0.1, 0.15) is 56.7 Å². The first-order valence-electron chi connectivity index (χ1n) is 8.54. The molecule has 0 saturated heterocycles. The van der Waals surface area contributed by atoms with Crippen molar-refractivity contribution in [1.82, 2.24) is 5.32 Å². The van der Waals surface area contributed by atoms with E-state index in [9.17, 15) is 0 Å². The molecular formula is C20H33N. The van der Waals surface area contributed by atoms with Gasteiger partial charge in [-0.25, -0.2) is 0 Å². The summed E-state index contributed by atoms with van der Waals surface area (Å²) >= 11 is 0. The van der Waals surface area contributed by atoms with Crippen LogP contribution in [-0.4, -0.2) is 13.1 Å². The van der Waals surface area contributed by atoms with E-state index >= 15 is 0 Å². The molecule has 1 aliphatic carbocycles. The molecule has 1 fully saturated rings. The predicted molar refractivity (Wildman–Crippen MR) is 92.8 cm³/mol. The molecule has 0 heterocycles. The summed E-state index contributed by atoms with van der Waals surface area (Å²) in [4.78, 5) is 0. The van der Waals surface area contributed by atoms with Gasteiger partial charge in [0.05, 0.1) is 0 Å². The molecule has 3 atom stereocenters. The Morgan fingerprint density at radius 1 is 1.05 bits per heavy atom. The van der Waals surface area contributed by atoms with Crippen LogP contribution < -0.4 is 5.32 Å². The van der Waals surface area contributed by atoms with Crippen molar-refractivity contribution in [3.05, 3.63) is 34.9 Å². The lowest BCUT2D eigenvalue weighted by atomic mass is 9.66. The summed E-state index contributed by atoms with van der Waals surface area (Å²) in [6.07, 6.45) is 5.29. The van der Waals surface area contributed by atoms with E-state index in [0.717, 1.165) is 11.8 Å². The third-order valence-corrected chi connectivity index (χ3v) is 5.36. The van der Waals surface area contributed by atoms with E-state index < -0.39 is 0 Å². The standard InChI is InChI=1S/C20H33N/c1-14-9-15(2)11-16(10-14)12-17-13-18(20(3,4)5)7-8-19(17)21-6/h9-11,17-19,21H,7-8,12-13H2,1-6H3. The fourth-order valence-electron chi connectivity index (χ4n) is 4.15. The van der Waals surface area contributed by atoms with Crippen molar-refractivity contribution in [3.63, 3.8) is 0 Å². The number of benzene rings is 1. The number of hydrogen-bond acceptors (Lipinski definition) is 1. The minimum Gasteiger partial charge on any atom is -0.317 e. The summed E-state index contributed by atoms with van der Waals surface area (Å²) in [5.74, 6) is 1.63. The first-order chi connectivity index (χ1) is 9.79. The minimum absolute atomic E-state index is 0.444. The van der Waals surface area contributed by atoms with Crippen LogP contribution in [0.25, 0.3) is 0 Å². The highest BCUT2D eigenvalue weighted by atomic mass is 14.9. The largest absolute Gasteiger partial charge is 0.317 e. The Labute approximate surface area is 131 Å². The summed E-state index contributed by atoms with van der Waals surface area (Å²) in [6.45, 7) is 11.7. The fraction of sp³-hybridized carbons (Fsp3) is 0.700. The lowest BCUT2D eigenvalue weighted by molar-refractivity contribution is 0.117. The first-order valence-corrected chi connectivity index (χ1v) is 8.54. The zero-order valence-electron chi connectivity index (χ0n) is 14.8. The molecule has 1 saturated carbocycles. The molecule has 1 aromatic rings. The Balaban J connectivity index is 2.14. The number of nitrogens with one attached hydrogen (secondary N) is 1. The smallest absolute Gasteiger partial charge is 0.00957 e. The highest BCUT2D eigenvalue weighted by Gasteiger charge is 2.35. The second-order valence-corrected chi connectivity index (χ2v) is 8.23. The molecule has 0 aliphatic heterocycles. The molecule has 3 unspecified atom stereocenters. The van der Waals surface area contributed by atoms with Gasteiger partial charge in [-0.1, -0.05) is 50.1 Å². The van der Waals surface area contributed by atoms with Crippen molar-refractivity contribution in [3.8, 4) is 0 Å². The molecule has 1 aliphatic rings. The van der Waals surface area contributed by atoms with Crippen LogP contribution in [0.2, 0.25) is 0 Å². The lowest BCUT2D eigenvalue weighted by Crippen LogP contribution is -2.42. The van der Waals surface area contributed by atoms with Crippen molar-refractivity contribution in [2.24, 2.45) is 17.3 Å². The van der Waals surface area contributed by atoms with Crippen LogP contribution in [0.4, 0.5) is 0 Å². The first kappa shape index (κ1) is 16.5. The fourth-order valence-corrected chi connectivity index (χ4v) is 4.15. The maximum absolute atomic E-state index is 3.58. The summed E-state index contributed by atoms with van der Waals surface area (Å²) in [7, 11) is 2.14. The van der Waals surface area contributed by atoms with Crippen LogP contribution in [0.15, 0.2) is 18.2 Å². The topological polar surface area (TPSA) is 12.0 Å². The molecule has 0 bridgehead atoms. The second kappa shape index (κ2) is 6.52. The molecule has 1 N–H and O–H groups in total. The maximum atomic E-state index is 3.58. The Morgan fingerprint density at radius 2 is 1.67 bits per heavy atom. The van der Waals surface area contributed by atoms with Gasteiger partial charge in [0.25, 0.3) is 0 Å². The summed E-state index contributed by atoms with van der Waals surface area (Å²) in [5.41, 5.74) is 4.76. The molecule has 1 heteroatoms. The van der Waals surface area contributed by atoms with Gasteiger partial charge in [-0.15, -0.1) is 0 Å². The van der Waals surface area contributed by atoms with Crippen LogP contribution in [-0.2, 0) is 6.42 Å². The monoisotopic (exact) mass is 287 g/mol. The Hall–Kier alpha value is -0.820.